The molecular formula is C26H35N3O7S2. The van der Waals surface area contributed by atoms with Gasteiger partial charge in [-0.3, -0.25) is 9.59 Å². The van der Waals surface area contributed by atoms with Crippen LogP contribution in [0, 0.1) is 11.8 Å². The standard InChI is InChI=1S/C26H35N3O7S2/c1-17-14-29(18(2)16-30)26(32)20-6-4-7-21(27-25(31)19-9-11-35-12-10-19)24(20)36-22(17)15-28(3)38(33,34)23-8-5-13-37-23/h4-8,13,17-19,22,30H,9-12,14-16H2,1-3H3,(H,27,31)/t17-,18-,22-/m1/s1. The summed E-state index contributed by atoms with van der Waals surface area (Å²) in [6.45, 7) is 4.72. The van der Waals surface area contributed by atoms with E-state index >= 15 is 0 Å². The Balaban J connectivity index is 1.69. The molecule has 2 aliphatic heterocycles. The van der Waals surface area contributed by atoms with Gasteiger partial charge >= 0.3 is 0 Å². The number of nitrogens with zero attached hydrogens (tertiary/aromatic N) is 2. The van der Waals surface area contributed by atoms with Crippen molar-refractivity contribution in [3.8, 4) is 5.75 Å². The number of sulfonamides is 1. The fourth-order valence-corrected chi connectivity index (χ4v) is 7.05. The molecule has 10 nitrogen and oxygen atoms in total. The largest absolute Gasteiger partial charge is 0.486 e. The zero-order chi connectivity index (χ0) is 27.4. The summed E-state index contributed by atoms with van der Waals surface area (Å²) in [5.74, 6) is -0.810. The van der Waals surface area contributed by atoms with Gasteiger partial charge in [-0.1, -0.05) is 19.1 Å². The Hall–Kier alpha value is -2.51. The number of hydrogen-bond donors (Lipinski definition) is 2. The van der Waals surface area contributed by atoms with Crippen molar-refractivity contribution in [3.05, 3.63) is 41.3 Å². The minimum absolute atomic E-state index is 0.0264. The van der Waals surface area contributed by atoms with Crippen LogP contribution >= 0.6 is 11.3 Å². The number of ether oxygens (including phenoxy) is 2. The number of likely N-dealkylation sites (N-methyl/N-ethyl adjacent to an activating group) is 1. The molecule has 1 saturated heterocycles. The minimum atomic E-state index is -3.74. The van der Waals surface area contributed by atoms with Crippen molar-refractivity contribution in [3.63, 3.8) is 0 Å². The first-order chi connectivity index (χ1) is 18.1. The van der Waals surface area contributed by atoms with Crippen molar-refractivity contribution in [2.45, 2.75) is 43.0 Å². The fraction of sp³-hybridized carbons (Fsp3) is 0.538. The molecule has 3 atom stereocenters. The zero-order valence-corrected chi connectivity index (χ0v) is 23.5. The zero-order valence-electron chi connectivity index (χ0n) is 21.8. The van der Waals surface area contributed by atoms with Crippen molar-refractivity contribution in [2.75, 3.05) is 45.3 Å². The quantitative estimate of drug-likeness (QED) is 0.504. The maximum absolute atomic E-state index is 13.6. The maximum Gasteiger partial charge on any atom is 0.258 e. The van der Waals surface area contributed by atoms with Gasteiger partial charge in [0.25, 0.3) is 15.9 Å². The summed E-state index contributed by atoms with van der Waals surface area (Å²) in [7, 11) is -2.23. The molecule has 0 bridgehead atoms. The summed E-state index contributed by atoms with van der Waals surface area (Å²) < 4.78 is 39.6. The van der Waals surface area contributed by atoms with E-state index in [-0.39, 0.29) is 58.9 Å². The number of rotatable bonds is 8. The van der Waals surface area contributed by atoms with Gasteiger partial charge < -0.3 is 24.8 Å². The number of carbonyl (C=O) groups excluding carboxylic acids is 2. The van der Waals surface area contributed by atoms with E-state index in [1.54, 1.807) is 47.5 Å². The highest BCUT2D eigenvalue weighted by Gasteiger charge is 2.36. The van der Waals surface area contributed by atoms with Gasteiger partial charge in [-0.25, -0.2) is 8.42 Å². The van der Waals surface area contributed by atoms with Gasteiger partial charge in [0.05, 0.1) is 30.4 Å². The number of benzene rings is 1. The molecule has 3 heterocycles. The smallest absolute Gasteiger partial charge is 0.258 e. The monoisotopic (exact) mass is 565 g/mol. The van der Waals surface area contributed by atoms with Gasteiger partial charge in [-0.05, 0) is 43.3 Å². The lowest BCUT2D eigenvalue weighted by molar-refractivity contribution is -0.122. The van der Waals surface area contributed by atoms with Crippen LogP contribution in [0.5, 0.6) is 5.75 Å². The summed E-state index contributed by atoms with van der Waals surface area (Å²) in [6, 6.07) is 7.75. The Kier molecular flexibility index (Phi) is 9.09. The van der Waals surface area contributed by atoms with Crippen LogP contribution in [-0.4, -0.2) is 86.6 Å². The van der Waals surface area contributed by atoms with Crippen molar-refractivity contribution >= 4 is 38.9 Å². The van der Waals surface area contributed by atoms with Gasteiger partial charge in [0.1, 0.15) is 10.3 Å². The van der Waals surface area contributed by atoms with Crippen LogP contribution in [0.1, 0.15) is 37.0 Å². The number of aliphatic hydroxyl groups excluding tert-OH is 1. The third-order valence-corrected chi connectivity index (χ3v) is 10.3. The molecule has 0 spiro atoms. The van der Waals surface area contributed by atoms with Gasteiger partial charge in [-0.2, -0.15) is 4.31 Å². The Labute approximate surface area is 227 Å². The van der Waals surface area contributed by atoms with E-state index in [0.29, 0.717) is 31.7 Å². The molecule has 2 aliphatic rings. The van der Waals surface area contributed by atoms with Gasteiger partial charge in [0, 0.05) is 38.6 Å². The molecule has 0 saturated carbocycles. The second kappa shape index (κ2) is 12.1. The average Bonchev–Trinajstić information content (AvgIpc) is 3.47. The van der Waals surface area contributed by atoms with E-state index in [4.69, 9.17) is 9.47 Å². The molecule has 2 N–H and O–H groups in total. The van der Waals surface area contributed by atoms with Crippen molar-refractivity contribution in [2.24, 2.45) is 11.8 Å². The minimum Gasteiger partial charge on any atom is -0.486 e. The van der Waals surface area contributed by atoms with Crippen LogP contribution in [0.25, 0.3) is 0 Å². The lowest BCUT2D eigenvalue weighted by Crippen LogP contribution is -2.50. The molecule has 0 radical (unpaired) electrons. The third kappa shape index (κ3) is 6.04. The van der Waals surface area contributed by atoms with E-state index in [2.05, 4.69) is 5.32 Å². The summed E-state index contributed by atoms with van der Waals surface area (Å²) in [6.07, 6.45) is 0.567. The Bertz CT molecular complexity index is 1230. The van der Waals surface area contributed by atoms with E-state index < -0.39 is 22.2 Å². The molecule has 4 rings (SSSR count). The number of carbonyl (C=O) groups is 2. The molecule has 2 amide bonds. The number of anilines is 1. The summed E-state index contributed by atoms with van der Waals surface area (Å²) in [5.41, 5.74) is 0.600. The van der Waals surface area contributed by atoms with Crippen LogP contribution in [0.2, 0.25) is 0 Å². The Morgan fingerprint density at radius 3 is 2.66 bits per heavy atom. The first kappa shape index (κ1) is 28.5. The molecule has 0 unspecified atom stereocenters. The molecule has 38 heavy (non-hydrogen) atoms. The van der Waals surface area contributed by atoms with E-state index in [9.17, 15) is 23.1 Å². The van der Waals surface area contributed by atoms with Crippen LogP contribution in [0.3, 0.4) is 0 Å². The normalized spacial score (nSPS) is 21.8. The number of hydrogen-bond acceptors (Lipinski definition) is 8. The van der Waals surface area contributed by atoms with Gasteiger partial charge in [-0.15, -0.1) is 11.3 Å². The molecular weight excluding hydrogens is 530 g/mol. The number of para-hydroxylation sites is 1. The number of nitrogens with one attached hydrogen (secondary N) is 1. The van der Waals surface area contributed by atoms with Crippen molar-refractivity contribution in [1.82, 2.24) is 9.21 Å². The van der Waals surface area contributed by atoms with Crippen LogP contribution in [0.15, 0.2) is 39.9 Å². The predicted octanol–water partition coefficient (Wildman–Crippen LogP) is 2.65. The first-order valence-corrected chi connectivity index (χ1v) is 15.1. The van der Waals surface area contributed by atoms with Crippen LogP contribution < -0.4 is 10.1 Å². The molecule has 1 aromatic heterocycles. The fourth-order valence-electron chi connectivity index (χ4n) is 4.67. The Morgan fingerprint density at radius 2 is 2.00 bits per heavy atom. The summed E-state index contributed by atoms with van der Waals surface area (Å²) in [4.78, 5) is 28.3. The molecule has 1 fully saturated rings. The van der Waals surface area contributed by atoms with Crippen molar-refractivity contribution in [1.29, 1.82) is 0 Å². The average molecular weight is 566 g/mol. The third-order valence-electron chi connectivity index (χ3n) is 7.14. The first-order valence-electron chi connectivity index (χ1n) is 12.7. The SMILES string of the molecule is C[C@@H]1CN([C@H](C)CO)C(=O)c2cccc(NC(=O)C3CCOCC3)c2O[C@@H]1CN(C)S(=O)(=O)c1cccs1. The number of fused-ring (bicyclic) bond motifs is 1. The summed E-state index contributed by atoms with van der Waals surface area (Å²) >= 11 is 1.14. The lowest BCUT2D eigenvalue weighted by atomic mass is 9.98. The van der Waals surface area contributed by atoms with Crippen molar-refractivity contribution < 1.29 is 32.6 Å². The number of amides is 2. The molecule has 208 valence electrons. The number of aliphatic hydroxyl groups is 1. The van der Waals surface area contributed by atoms with Gasteiger partial charge in [0.2, 0.25) is 5.91 Å². The van der Waals surface area contributed by atoms with E-state index in [1.807, 2.05) is 6.92 Å². The highest BCUT2D eigenvalue weighted by Crippen LogP contribution is 2.36. The van der Waals surface area contributed by atoms with Crippen LogP contribution in [0.4, 0.5) is 5.69 Å². The Morgan fingerprint density at radius 1 is 1.26 bits per heavy atom. The predicted molar refractivity (Wildman–Crippen MR) is 144 cm³/mol. The highest BCUT2D eigenvalue weighted by atomic mass is 32.2. The molecule has 1 aromatic carbocycles. The second-order valence-corrected chi connectivity index (χ2v) is 13.1. The summed E-state index contributed by atoms with van der Waals surface area (Å²) in [5, 5.41) is 14.5. The highest BCUT2D eigenvalue weighted by molar-refractivity contribution is 7.91. The van der Waals surface area contributed by atoms with Gasteiger partial charge in [0.15, 0.2) is 5.75 Å². The topological polar surface area (TPSA) is 125 Å². The lowest BCUT2D eigenvalue weighted by Gasteiger charge is -2.38. The molecule has 12 heteroatoms. The van der Waals surface area contributed by atoms with E-state index in [1.165, 1.54) is 11.4 Å². The second-order valence-electron chi connectivity index (χ2n) is 9.90. The maximum atomic E-state index is 13.6. The molecule has 0 aliphatic carbocycles. The van der Waals surface area contributed by atoms with E-state index in [0.717, 1.165) is 11.3 Å². The molecule has 2 aromatic rings. The van der Waals surface area contributed by atoms with Crippen LogP contribution in [-0.2, 0) is 19.6 Å². The number of thiophene rings is 1.